The van der Waals surface area contributed by atoms with E-state index in [1.54, 1.807) is 4.40 Å². The summed E-state index contributed by atoms with van der Waals surface area (Å²) in [6.07, 6.45) is 7.76. The summed E-state index contributed by atoms with van der Waals surface area (Å²) >= 11 is 28.5. The molecular weight excluding hydrogens is 2190 g/mol. The fraction of sp³-hybridized carbons (Fsp3) is 0.283. The van der Waals surface area contributed by atoms with Crippen LogP contribution in [0.5, 0.6) is 11.5 Å². The van der Waals surface area contributed by atoms with Crippen LogP contribution >= 0.6 is 89.0 Å². The Bertz CT molecular complexity index is 6030. The number of halogens is 13. The van der Waals surface area contributed by atoms with Gasteiger partial charge in [0, 0.05) is 82.6 Å². The zero-order chi connectivity index (χ0) is 112. The van der Waals surface area contributed by atoms with Crippen LogP contribution in [0.3, 0.4) is 0 Å². The molecule has 14 rings (SSSR count). The molecule has 0 radical (unpaired) electrons. The molecule has 148 heavy (non-hydrogen) atoms. The van der Waals surface area contributed by atoms with E-state index in [9.17, 15) is 27.1 Å². The van der Waals surface area contributed by atoms with E-state index in [4.69, 9.17) is 89.0 Å². The quantitative estimate of drug-likeness (QED) is 0.0312. The van der Waals surface area contributed by atoms with E-state index in [1.165, 1.54) is 134 Å². The van der Waals surface area contributed by atoms with Gasteiger partial charge in [-0.05, 0) is 187 Å². The van der Waals surface area contributed by atoms with Crippen LogP contribution in [0.1, 0.15) is 233 Å². The van der Waals surface area contributed by atoms with E-state index >= 15 is 0 Å². The number of phenolic OH excluding ortho intramolecular Hbond substituents is 1. The van der Waals surface area contributed by atoms with Gasteiger partial charge in [-0.3, -0.25) is 0 Å². The Morgan fingerprint density at radius 1 is 0.399 bits per heavy atom. The molecule has 0 atom stereocenters. The average Bonchev–Trinajstić information content (AvgIpc) is 1.15. The predicted molar refractivity (Wildman–Crippen MR) is 633 cm³/mol. The number of hydrogen-bond donors (Lipinski definition) is 1. The number of rotatable bonds is 13. The summed E-state index contributed by atoms with van der Waals surface area (Å²) in [5, 5.41) is 11.7. The second-order valence-electron chi connectivity index (χ2n) is 40.4. The van der Waals surface area contributed by atoms with Crippen molar-refractivity contribution in [3.05, 3.63) is 454 Å². The van der Waals surface area contributed by atoms with Crippen molar-refractivity contribution in [1.29, 1.82) is 0 Å². The topological polar surface area (TPSA) is 66.0 Å². The van der Waals surface area contributed by atoms with Crippen molar-refractivity contribution in [1.82, 2.24) is 4.98 Å². The molecule has 1 aliphatic heterocycles. The Morgan fingerprint density at radius 2 is 0.703 bits per heavy atom. The van der Waals surface area contributed by atoms with Crippen LogP contribution in [-0.2, 0) is 60.1 Å². The Labute approximate surface area is 937 Å². The van der Waals surface area contributed by atoms with Gasteiger partial charge in [-0.1, -0.05) is 419 Å². The molecular formula is C127H149Cl8F5MoN4O2Ru-3. The summed E-state index contributed by atoms with van der Waals surface area (Å²) in [5.41, 5.74) is 40.4. The zero-order valence-corrected chi connectivity index (χ0v) is 101. The van der Waals surface area contributed by atoms with Gasteiger partial charge in [-0.15, -0.1) is 11.6 Å². The summed E-state index contributed by atoms with van der Waals surface area (Å²) in [6.45, 7) is 76.0. The molecule has 13 aromatic rings. The van der Waals surface area contributed by atoms with Gasteiger partial charge in [-0.2, -0.15) is 31.0 Å². The van der Waals surface area contributed by atoms with Crippen LogP contribution < -0.4 is 14.8 Å². The molecule has 0 bridgehead atoms. The number of benzene rings is 12. The second kappa shape index (κ2) is 66.3. The number of anilines is 2. The summed E-state index contributed by atoms with van der Waals surface area (Å²) in [6, 6.07) is 83.2. The number of aromatic hydroxyl groups is 2. The molecule has 6 nitrogen and oxygen atoms in total. The zero-order valence-electron chi connectivity index (χ0n) is 91.0. The molecule has 0 spiro atoms. The standard InChI is InChI=1S/C34H46O.C21H27N2.C10H13O.C10H12.2C9H9Cl.2C9H10.C6F5N.C6H8N.2C2H2Cl2.2ClH.Mo.Ru/c1-31(2,3)24-16-22(17-25(20-24)32(4,5)6)28-14-13-15-29(30(28)35)23-18-26(33(7,8)9)21-27(19-23)34(10,11)12;1-14-9-16(3)20(17(4)10-14)22-7-8-23(13-22)21-18(5)11-15(2)12-19(21)6;1-8(2)11-10-7-5-4-6-9(10)3;1-10(2,3)9-7-5-4-6-8-9;2*1-8-2-4-9(5-3-8)6-7-10;2*1-3-9-6-4-8(2)5-7-9;7-1-2(8)4(10)6(12)5(11)3(1)9;1-5-3-4-6(2)7-5;2*3-1-2-4;;;;/h13-21,35H,1-12H3;9-13H,7-8H2,1-6H3;4-8H,3H2,1-2H3;1,4-8H,2-3H3;2*2-7H,1H3;2*3-7H,1H2,2H3;;3-4H,1-2H3;2*1-2H;2*1H;;/q;2*-1;;;;;;;-1;;;;;;+1/p-1/b;;;;2*7-6+;;;;;2*2-1+;;;;. The molecule has 797 valence electrons. The van der Waals surface area contributed by atoms with Crippen molar-refractivity contribution in [2.24, 2.45) is 3.50 Å². The predicted octanol–water partition coefficient (Wildman–Crippen LogP) is 40.7. The van der Waals surface area contributed by atoms with Gasteiger partial charge in [0.05, 0.1) is 0 Å². The first-order valence-corrected chi connectivity index (χ1v) is 57.4. The molecule has 1 saturated heterocycles. The van der Waals surface area contributed by atoms with Gasteiger partial charge in [0.15, 0.2) is 11.9 Å². The van der Waals surface area contributed by atoms with Crippen LogP contribution in [0.4, 0.5) is 39.0 Å². The van der Waals surface area contributed by atoms with Crippen LogP contribution in [0.25, 0.3) is 46.6 Å². The number of aryl methyl sites for hydroxylation is 12. The summed E-state index contributed by atoms with van der Waals surface area (Å²) < 4.78 is 76.1. The van der Waals surface area contributed by atoms with Gasteiger partial charge in [0.2, 0.25) is 0 Å². The Morgan fingerprint density at radius 3 is 0.980 bits per heavy atom. The monoisotopic (exact) mass is 2340 g/mol. The van der Waals surface area contributed by atoms with E-state index in [2.05, 4.69) is 355 Å². The van der Waals surface area contributed by atoms with E-state index in [-0.39, 0.29) is 36.8 Å². The van der Waals surface area contributed by atoms with Gasteiger partial charge in [0.25, 0.3) is 0 Å². The first-order valence-electron chi connectivity index (χ1n) is 48.2. The molecule has 0 aliphatic carbocycles. The fourth-order valence-corrected chi connectivity index (χ4v) is 16.7. The molecule has 12 aromatic carbocycles. The average molecular weight is 2340 g/mol. The normalized spacial score (nSPS) is 11.6. The number of para-hydroxylation sites is 2. The first kappa shape index (κ1) is 133. The number of phenols is 1. The fourth-order valence-electron chi connectivity index (χ4n) is 14.6. The van der Waals surface area contributed by atoms with Gasteiger partial charge in [0.1, 0.15) is 5.75 Å². The Hall–Kier alpha value is -9.62. The minimum atomic E-state index is -2.17. The Kier molecular flexibility index (Phi) is 59.3. The van der Waals surface area contributed by atoms with E-state index in [1.807, 2.05) is 155 Å². The number of ether oxygens (including phenoxy) is 1. The third-order valence-electron chi connectivity index (χ3n) is 22.6. The maximum absolute atomic E-state index is 13.5. The number of nitrogens with zero attached hydrogens (tertiary/aromatic N) is 4. The number of aliphatic hydroxyl groups is 1. The van der Waals surface area contributed by atoms with Crippen LogP contribution in [0, 0.1) is 126 Å². The summed E-state index contributed by atoms with van der Waals surface area (Å²) in [5.74, 6) is -8.55. The van der Waals surface area contributed by atoms with Crippen LogP contribution in [0.15, 0.2) is 293 Å². The third-order valence-corrected chi connectivity index (χ3v) is 26.0. The van der Waals surface area contributed by atoms with Crippen molar-refractivity contribution in [2.75, 3.05) is 22.9 Å². The van der Waals surface area contributed by atoms with Gasteiger partial charge >= 0.3 is 172 Å². The first-order chi connectivity index (χ1) is 69.4. The molecule has 0 unspecified atom stereocenters. The summed E-state index contributed by atoms with van der Waals surface area (Å²) in [7, 11) is 9.71. The molecule has 1 fully saturated rings. The van der Waals surface area contributed by atoms with Crippen LogP contribution in [-0.4, -0.2) is 33.4 Å². The van der Waals surface area contributed by atoms with Crippen LogP contribution in [0.2, 0.25) is 0 Å². The minimum absolute atomic E-state index is 0.0197. The second-order valence-corrected chi connectivity index (χ2v) is 46.1. The third kappa shape index (κ3) is 47.1. The number of aromatic nitrogens is 1. The van der Waals surface area contributed by atoms with Crippen molar-refractivity contribution in [2.45, 2.75) is 227 Å². The van der Waals surface area contributed by atoms with Crippen molar-refractivity contribution < 1.29 is 64.9 Å². The summed E-state index contributed by atoms with van der Waals surface area (Å²) in [4.78, 5) is 8.92. The van der Waals surface area contributed by atoms with Crippen molar-refractivity contribution >= 4 is 135 Å². The number of hydrogen-bond acceptors (Lipinski definition) is 4. The molecule has 1 aromatic heterocycles. The molecule has 2 heterocycles. The molecule has 21 heteroatoms. The van der Waals surface area contributed by atoms with Gasteiger partial charge < -0.3 is 24.6 Å². The maximum atomic E-state index is 13.5. The van der Waals surface area contributed by atoms with Gasteiger partial charge in [-0.25, -0.2) is 0 Å². The van der Waals surface area contributed by atoms with E-state index in [0.29, 0.717) is 11.9 Å². The van der Waals surface area contributed by atoms with E-state index < -0.39 is 58.1 Å². The molecule has 1 aliphatic rings. The van der Waals surface area contributed by atoms with E-state index in [0.717, 1.165) is 74.7 Å². The Balaban J connectivity index is 0.000000442. The van der Waals surface area contributed by atoms with Crippen molar-refractivity contribution in [3.8, 4) is 33.8 Å². The van der Waals surface area contributed by atoms with Crippen molar-refractivity contribution in [3.63, 3.8) is 0 Å². The molecule has 2 N–H and O–H groups in total. The SMILES string of the molecule is C=Cc1ccc(C)cc1.C=Cc1ccc(C)cc1.CC(C)(C)c1cc(-c2cccc(-c3cc(C(C)(C)C)cc(C(C)(C)C)c3)c2O)cc(C(C)(C)C)c1.CC(C)([CH]=[Mo]=[N]c1c(F)c(F)c(F)c(F)c1F)c1ccccc1.Cc1cc(C)c(N2[CH-]N(c3c(C)cc(C)cc3C)CC2)c(C)c1.Cc1ccc(/C=C/Cl)cc1.Cc1ccc(/C=C/Cl)cc1.Cc1ccc(C)[n-]1.Cl/C=C/Cl.Cl/C=C/Cl.[CH2-]c1ccccc1[OH+]C(C)C.[Cl][Ru-][Cl]. The molecule has 0 amide bonds. The molecule has 0 saturated carbocycles.